The fourth-order valence-corrected chi connectivity index (χ4v) is 1.77. The molecule has 1 aromatic carbocycles. The number of nitriles is 1. The van der Waals surface area contributed by atoms with E-state index in [0.29, 0.717) is 5.52 Å². The largest absolute Gasteiger partial charge is 0.321 e. The van der Waals surface area contributed by atoms with Crippen LogP contribution in [-0.4, -0.2) is 15.2 Å². The van der Waals surface area contributed by atoms with Gasteiger partial charge in [0.2, 0.25) is 0 Å². The number of aromatic nitrogens is 3. The Morgan fingerprint density at radius 1 is 1.38 bits per heavy atom. The van der Waals surface area contributed by atoms with Gasteiger partial charge in [0, 0.05) is 17.0 Å². The van der Waals surface area contributed by atoms with Crippen LogP contribution in [0.5, 0.6) is 0 Å². The van der Waals surface area contributed by atoms with Gasteiger partial charge in [0.25, 0.3) is 5.56 Å². The summed E-state index contributed by atoms with van der Waals surface area (Å²) in [5.74, 6) is 0. The van der Waals surface area contributed by atoms with E-state index in [1.54, 1.807) is 18.3 Å². The molecular weight excluding hydrogens is 204 g/mol. The average molecular weight is 210 g/mol. The van der Waals surface area contributed by atoms with E-state index in [0.717, 1.165) is 16.3 Å². The van der Waals surface area contributed by atoms with Crippen LogP contribution in [0.2, 0.25) is 0 Å². The normalized spacial score (nSPS) is 10.7. The van der Waals surface area contributed by atoms with Gasteiger partial charge < -0.3 is 4.98 Å². The smallest absolute Gasteiger partial charge is 0.266 e. The van der Waals surface area contributed by atoms with Crippen molar-refractivity contribution >= 4 is 21.8 Å². The van der Waals surface area contributed by atoms with E-state index >= 15 is 0 Å². The highest BCUT2D eigenvalue weighted by molar-refractivity contribution is 6.03. The highest BCUT2D eigenvalue weighted by Crippen LogP contribution is 2.21. The second kappa shape index (κ2) is 2.94. The number of nitrogens with zero attached hydrogens (tertiary/aromatic N) is 2. The Labute approximate surface area is 89.3 Å². The highest BCUT2D eigenvalue weighted by atomic mass is 16.1. The summed E-state index contributed by atoms with van der Waals surface area (Å²) in [5.41, 5.74) is 1.17. The van der Waals surface area contributed by atoms with Crippen molar-refractivity contribution in [2.75, 3.05) is 0 Å². The van der Waals surface area contributed by atoms with Gasteiger partial charge in [-0.15, -0.1) is 0 Å². The Bertz CT molecular complexity index is 791. The molecule has 0 unspecified atom stereocenters. The van der Waals surface area contributed by atoms with Crippen molar-refractivity contribution in [3.63, 3.8) is 0 Å². The van der Waals surface area contributed by atoms with Crippen molar-refractivity contribution in [3.8, 4) is 6.07 Å². The molecule has 16 heavy (non-hydrogen) atoms. The van der Waals surface area contributed by atoms with E-state index in [1.807, 2.05) is 12.1 Å². The molecular formula is C11H6N4O. The van der Waals surface area contributed by atoms with Gasteiger partial charge in [-0.05, 0) is 18.2 Å². The van der Waals surface area contributed by atoms with Gasteiger partial charge in [-0.25, -0.2) is 0 Å². The minimum absolute atomic E-state index is 0.100. The molecule has 2 aromatic heterocycles. The van der Waals surface area contributed by atoms with Crippen LogP contribution >= 0.6 is 0 Å². The van der Waals surface area contributed by atoms with E-state index in [4.69, 9.17) is 5.26 Å². The van der Waals surface area contributed by atoms with Crippen molar-refractivity contribution in [1.82, 2.24) is 15.2 Å². The molecule has 3 aromatic rings. The second-order valence-electron chi connectivity index (χ2n) is 3.47. The number of rotatable bonds is 0. The van der Waals surface area contributed by atoms with Gasteiger partial charge in [-0.3, -0.25) is 9.89 Å². The predicted octanol–water partition coefficient (Wildman–Crippen LogP) is 1.28. The van der Waals surface area contributed by atoms with Crippen LogP contribution in [0.15, 0.2) is 29.2 Å². The van der Waals surface area contributed by atoms with Gasteiger partial charge >= 0.3 is 0 Å². The maximum absolute atomic E-state index is 11.4. The third-order valence-electron chi connectivity index (χ3n) is 2.55. The molecule has 5 nitrogen and oxygen atoms in total. The number of H-pyrrole nitrogens is 2. The third kappa shape index (κ3) is 1.04. The number of fused-ring (bicyclic) bond motifs is 3. The molecule has 0 aliphatic carbocycles. The maximum Gasteiger partial charge on any atom is 0.266 e. The zero-order valence-electron chi connectivity index (χ0n) is 8.11. The summed E-state index contributed by atoms with van der Waals surface area (Å²) in [4.78, 5) is 14.1. The van der Waals surface area contributed by atoms with Crippen molar-refractivity contribution in [2.45, 2.75) is 0 Å². The van der Waals surface area contributed by atoms with Crippen LogP contribution in [0.25, 0.3) is 21.8 Å². The fourth-order valence-electron chi connectivity index (χ4n) is 1.77. The second-order valence-corrected chi connectivity index (χ2v) is 3.47. The monoisotopic (exact) mass is 210 g/mol. The van der Waals surface area contributed by atoms with E-state index in [1.165, 1.54) is 0 Å². The molecule has 5 heteroatoms. The fraction of sp³-hybridized carbons (Fsp3) is 0. The SMILES string of the molecule is N#Cc1cc2c(ccc3c[nH]nc32)[nH]c1=O. The van der Waals surface area contributed by atoms with E-state index in [2.05, 4.69) is 15.2 Å². The minimum atomic E-state index is -0.370. The molecule has 0 amide bonds. The van der Waals surface area contributed by atoms with Crippen molar-refractivity contribution in [3.05, 3.63) is 40.3 Å². The first-order chi connectivity index (χ1) is 7.79. The Kier molecular flexibility index (Phi) is 1.59. The van der Waals surface area contributed by atoms with Gasteiger partial charge in [0.15, 0.2) is 0 Å². The third-order valence-corrected chi connectivity index (χ3v) is 2.55. The number of hydrogen-bond donors (Lipinski definition) is 2. The molecule has 0 fully saturated rings. The molecule has 0 aliphatic rings. The van der Waals surface area contributed by atoms with Crippen LogP contribution < -0.4 is 5.56 Å². The topological polar surface area (TPSA) is 85.3 Å². The molecule has 3 rings (SSSR count). The summed E-state index contributed by atoms with van der Waals surface area (Å²) in [7, 11) is 0. The number of aromatic amines is 2. The molecule has 76 valence electrons. The summed E-state index contributed by atoms with van der Waals surface area (Å²) < 4.78 is 0. The lowest BCUT2D eigenvalue weighted by Crippen LogP contribution is -2.09. The van der Waals surface area contributed by atoms with Gasteiger partial charge in [-0.1, -0.05) is 0 Å². The average Bonchev–Trinajstić information content (AvgIpc) is 2.76. The molecule has 0 aliphatic heterocycles. The lowest BCUT2D eigenvalue weighted by Gasteiger charge is -1.98. The zero-order valence-corrected chi connectivity index (χ0v) is 8.11. The summed E-state index contributed by atoms with van der Waals surface area (Å²) in [5, 5.41) is 17.4. The Morgan fingerprint density at radius 3 is 3.06 bits per heavy atom. The van der Waals surface area contributed by atoms with Crippen LogP contribution in [0.3, 0.4) is 0 Å². The molecule has 2 heterocycles. The van der Waals surface area contributed by atoms with Crippen molar-refractivity contribution in [2.24, 2.45) is 0 Å². The maximum atomic E-state index is 11.4. The van der Waals surface area contributed by atoms with Crippen LogP contribution in [0.4, 0.5) is 0 Å². The summed E-state index contributed by atoms with van der Waals surface area (Å²) in [6.07, 6.45) is 1.77. The molecule has 0 spiro atoms. The zero-order chi connectivity index (χ0) is 11.1. The Morgan fingerprint density at radius 2 is 2.25 bits per heavy atom. The molecule has 0 saturated heterocycles. The van der Waals surface area contributed by atoms with Crippen LogP contribution in [0, 0.1) is 11.3 Å². The van der Waals surface area contributed by atoms with Gasteiger partial charge in [0.1, 0.15) is 17.1 Å². The number of nitrogens with one attached hydrogen (secondary N) is 2. The highest BCUT2D eigenvalue weighted by Gasteiger charge is 2.06. The van der Waals surface area contributed by atoms with E-state index in [-0.39, 0.29) is 11.1 Å². The van der Waals surface area contributed by atoms with Gasteiger partial charge in [-0.2, -0.15) is 10.4 Å². The molecule has 0 saturated carbocycles. The lowest BCUT2D eigenvalue weighted by atomic mass is 10.1. The first-order valence-corrected chi connectivity index (χ1v) is 4.69. The summed E-state index contributed by atoms with van der Waals surface area (Å²) in [6.45, 7) is 0. The quantitative estimate of drug-likeness (QED) is 0.586. The van der Waals surface area contributed by atoms with Gasteiger partial charge in [0.05, 0.1) is 5.52 Å². The molecule has 0 radical (unpaired) electrons. The molecule has 2 N–H and O–H groups in total. The summed E-state index contributed by atoms with van der Waals surface area (Å²) in [6, 6.07) is 7.09. The molecule has 0 bridgehead atoms. The predicted molar refractivity (Wildman–Crippen MR) is 58.9 cm³/mol. The van der Waals surface area contributed by atoms with Crippen molar-refractivity contribution in [1.29, 1.82) is 5.26 Å². The molecule has 0 atom stereocenters. The van der Waals surface area contributed by atoms with Crippen LogP contribution in [0.1, 0.15) is 5.56 Å². The first-order valence-electron chi connectivity index (χ1n) is 4.69. The Balaban J connectivity index is 2.60. The Hall–Kier alpha value is -2.61. The first kappa shape index (κ1) is 8.68. The van der Waals surface area contributed by atoms with Crippen LogP contribution in [-0.2, 0) is 0 Å². The number of benzene rings is 1. The lowest BCUT2D eigenvalue weighted by molar-refractivity contribution is 1.12. The summed E-state index contributed by atoms with van der Waals surface area (Å²) >= 11 is 0. The number of hydrogen-bond acceptors (Lipinski definition) is 3. The standard InChI is InChI=1S/C11H6N4O/c12-4-7-3-8-9(14-11(7)16)2-1-6-5-13-15-10(6)8/h1-3,5H,(H,13,15)(H,14,16). The number of pyridine rings is 1. The van der Waals surface area contributed by atoms with E-state index in [9.17, 15) is 4.79 Å². The van der Waals surface area contributed by atoms with Crippen molar-refractivity contribution < 1.29 is 0 Å². The minimum Gasteiger partial charge on any atom is -0.321 e. The van der Waals surface area contributed by atoms with E-state index < -0.39 is 0 Å².